The number of rotatable bonds is 6. The summed E-state index contributed by atoms with van der Waals surface area (Å²) in [5.74, 6) is -0.156. The van der Waals surface area contributed by atoms with E-state index in [1.165, 1.54) is 0 Å². The summed E-state index contributed by atoms with van der Waals surface area (Å²) in [5.41, 5.74) is 4.85. The molecular formula is C13H25N3O4. The quantitative estimate of drug-likeness (QED) is 0.319. The van der Waals surface area contributed by atoms with Gasteiger partial charge in [-0.2, -0.15) is 0 Å². The normalized spacial score (nSPS) is 20.4. The zero-order valence-corrected chi connectivity index (χ0v) is 12.5. The average Bonchev–Trinajstić information content (AvgIpc) is 2.48. The maximum absolute atomic E-state index is 12.9. The van der Waals surface area contributed by atoms with Gasteiger partial charge in [-0.05, 0) is 26.7 Å². The first kappa shape index (κ1) is 16.7. The van der Waals surface area contributed by atoms with Crippen LogP contribution in [0.4, 0.5) is 0 Å². The standard InChI is InChI=1S/C13H25N3O4/c1-4-16(10(2)9-19-3)12(17)13(11(14)15-18)5-7-20-8-6-13/h10,18H,4-9H2,1-3H3,(H2,14,15). The van der Waals surface area contributed by atoms with Crippen molar-refractivity contribution < 1.29 is 19.5 Å². The minimum atomic E-state index is -0.967. The van der Waals surface area contributed by atoms with E-state index in [-0.39, 0.29) is 17.8 Å². The first-order valence-corrected chi connectivity index (χ1v) is 6.89. The molecule has 1 unspecified atom stereocenters. The molecule has 20 heavy (non-hydrogen) atoms. The average molecular weight is 287 g/mol. The van der Waals surface area contributed by atoms with Crippen LogP contribution < -0.4 is 5.73 Å². The molecule has 0 aromatic carbocycles. The number of carbonyl (C=O) groups is 1. The van der Waals surface area contributed by atoms with Crippen LogP contribution in [-0.4, -0.2) is 61.4 Å². The van der Waals surface area contributed by atoms with Crippen molar-refractivity contribution >= 4 is 11.7 Å². The van der Waals surface area contributed by atoms with E-state index in [2.05, 4.69) is 5.16 Å². The number of nitrogens with two attached hydrogens (primary N) is 1. The number of hydrogen-bond acceptors (Lipinski definition) is 5. The number of ether oxygens (including phenoxy) is 2. The molecule has 0 spiro atoms. The molecule has 3 N–H and O–H groups in total. The molecule has 1 saturated heterocycles. The van der Waals surface area contributed by atoms with Crippen molar-refractivity contribution in [3.63, 3.8) is 0 Å². The summed E-state index contributed by atoms with van der Waals surface area (Å²) >= 11 is 0. The van der Waals surface area contributed by atoms with Crippen molar-refractivity contribution in [1.29, 1.82) is 0 Å². The second-order valence-corrected chi connectivity index (χ2v) is 5.08. The lowest BCUT2D eigenvalue weighted by Crippen LogP contribution is -2.56. The molecule has 7 nitrogen and oxygen atoms in total. The largest absolute Gasteiger partial charge is 0.409 e. The summed E-state index contributed by atoms with van der Waals surface area (Å²) in [6.07, 6.45) is 0.857. The zero-order valence-electron chi connectivity index (χ0n) is 12.5. The van der Waals surface area contributed by atoms with Crippen LogP contribution in [0, 0.1) is 5.41 Å². The summed E-state index contributed by atoms with van der Waals surface area (Å²) in [6, 6.07) is -0.0660. The van der Waals surface area contributed by atoms with E-state index in [4.69, 9.17) is 20.4 Å². The first-order chi connectivity index (χ1) is 9.53. The van der Waals surface area contributed by atoms with E-state index < -0.39 is 5.41 Å². The van der Waals surface area contributed by atoms with Gasteiger partial charge in [0.25, 0.3) is 0 Å². The Labute approximate surface area is 119 Å². The number of likely N-dealkylation sites (N-methyl/N-ethyl adjacent to an activating group) is 1. The molecule has 0 bridgehead atoms. The number of carbonyl (C=O) groups excluding carboxylic acids is 1. The lowest BCUT2D eigenvalue weighted by Gasteiger charge is -2.40. The zero-order chi connectivity index (χ0) is 15.2. The third kappa shape index (κ3) is 3.21. The minimum absolute atomic E-state index is 0.0335. The highest BCUT2D eigenvalue weighted by atomic mass is 16.5. The van der Waals surface area contributed by atoms with E-state index in [0.29, 0.717) is 39.2 Å². The topological polar surface area (TPSA) is 97.4 Å². The van der Waals surface area contributed by atoms with E-state index in [9.17, 15) is 4.79 Å². The fourth-order valence-electron chi connectivity index (χ4n) is 2.66. The minimum Gasteiger partial charge on any atom is -0.409 e. The Morgan fingerprint density at radius 1 is 1.55 bits per heavy atom. The lowest BCUT2D eigenvalue weighted by molar-refractivity contribution is -0.145. The van der Waals surface area contributed by atoms with E-state index in [1.807, 2.05) is 13.8 Å². The van der Waals surface area contributed by atoms with Gasteiger partial charge >= 0.3 is 0 Å². The lowest BCUT2D eigenvalue weighted by atomic mass is 9.77. The van der Waals surface area contributed by atoms with Gasteiger partial charge in [-0.25, -0.2) is 0 Å². The first-order valence-electron chi connectivity index (χ1n) is 6.89. The molecule has 7 heteroatoms. The van der Waals surface area contributed by atoms with Gasteiger partial charge in [0.2, 0.25) is 5.91 Å². The molecule has 116 valence electrons. The third-order valence-corrected chi connectivity index (χ3v) is 3.90. The van der Waals surface area contributed by atoms with Crippen molar-refractivity contribution in [2.75, 3.05) is 33.5 Å². The van der Waals surface area contributed by atoms with Crippen molar-refractivity contribution in [1.82, 2.24) is 4.90 Å². The number of methoxy groups -OCH3 is 1. The van der Waals surface area contributed by atoms with Crippen LogP contribution in [0.25, 0.3) is 0 Å². The van der Waals surface area contributed by atoms with Crippen LogP contribution in [0.2, 0.25) is 0 Å². The van der Waals surface area contributed by atoms with Crippen LogP contribution in [0.15, 0.2) is 5.16 Å². The molecule has 0 radical (unpaired) electrons. The van der Waals surface area contributed by atoms with Crippen molar-refractivity contribution in [2.24, 2.45) is 16.3 Å². The number of nitrogens with zero attached hydrogens (tertiary/aromatic N) is 2. The van der Waals surface area contributed by atoms with Gasteiger partial charge in [0.15, 0.2) is 5.84 Å². The Hall–Kier alpha value is -1.34. The highest BCUT2D eigenvalue weighted by Crippen LogP contribution is 2.33. The number of oxime groups is 1. The second kappa shape index (κ2) is 7.44. The SMILES string of the molecule is CCN(C(=O)C1(C(N)=NO)CCOCC1)C(C)COC. The molecule has 0 saturated carbocycles. The van der Waals surface area contributed by atoms with Gasteiger partial charge in [-0.15, -0.1) is 0 Å². The maximum atomic E-state index is 12.9. The predicted molar refractivity (Wildman–Crippen MR) is 74.6 cm³/mol. The van der Waals surface area contributed by atoms with Crippen LogP contribution >= 0.6 is 0 Å². The molecule has 1 rings (SSSR count). The maximum Gasteiger partial charge on any atom is 0.237 e. The highest BCUT2D eigenvalue weighted by molar-refractivity contribution is 6.06. The van der Waals surface area contributed by atoms with Gasteiger partial charge < -0.3 is 25.3 Å². The van der Waals surface area contributed by atoms with Crippen LogP contribution in [-0.2, 0) is 14.3 Å². The van der Waals surface area contributed by atoms with Crippen molar-refractivity contribution in [2.45, 2.75) is 32.7 Å². The molecule has 0 aromatic rings. The molecule has 1 heterocycles. The summed E-state index contributed by atoms with van der Waals surface area (Å²) in [7, 11) is 1.60. The number of amides is 1. The van der Waals surface area contributed by atoms with Crippen LogP contribution in [0.3, 0.4) is 0 Å². The van der Waals surface area contributed by atoms with Gasteiger partial charge in [0.1, 0.15) is 5.41 Å². The fraction of sp³-hybridized carbons (Fsp3) is 0.846. The van der Waals surface area contributed by atoms with Crippen LogP contribution in [0.1, 0.15) is 26.7 Å². The van der Waals surface area contributed by atoms with Gasteiger partial charge in [-0.1, -0.05) is 5.16 Å². The summed E-state index contributed by atoms with van der Waals surface area (Å²) in [5, 5.41) is 12.1. The molecule has 1 amide bonds. The Morgan fingerprint density at radius 3 is 2.60 bits per heavy atom. The molecule has 1 aliphatic rings. The monoisotopic (exact) mass is 287 g/mol. The number of amidine groups is 1. The molecule has 1 fully saturated rings. The van der Waals surface area contributed by atoms with E-state index >= 15 is 0 Å². The Morgan fingerprint density at radius 2 is 2.15 bits per heavy atom. The predicted octanol–water partition coefficient (Wildman–Crippen LogP) is 0.413. The van der Waals surface area contributed by atoms with Gasteiger partial charge in [-0.3, -0.25) is 4.79 Å². The summed E-state index contributed by atoms with van der Waals surface area (Å²) in [4.78, 5) is 14.6. The Bertz CT molecular complexity index is 354. The summed E-state index contributed by atoms with van der Waals surface area (Å²) in [6.45, 7) is 5.68. The van der Waals surface area contributed by atoms with Crippen LogP contribution in [0.5, 0.6) is 0 Å². The number of hydrogen-bond donors (Lipinski definition) is 2. The molecular weight excluding hydrogens is 262 g/mol. The molecule has 1 atom stereocenters. The summed E-state index contributed by atoms with van der Waals surface area (Å²) < 4.78 is 10.4. The van der Waals surface area contributed by atoms with Crippen molar-refractivity contribution in [3.05, 3.63) is 0 Å². The molecule has 1 aliphatic heterocycles. The highest BCUT2D eigenvalue weighted by Gasteiger charge is 2.47. The molecule has 0 aromatic heterocycles. The second-order valence-electron chi connectivity index (χ2n) is 5.08. The fourth-order valence-corrected chi connectivity index (χ4v) is 2.66. The van der Waals surface area contributed by atoms with Gasteiger partial charge in [0.05, 0.1) is 12.6 Å². The third-order valence-electron chi connectivity index (χ3n) is 3.90. The Kier molecular flexibility index (Phi) is 6.22. The Balaban J connectivity index is 3.03. The van der Waals surface area contributed by atoms with Gasteiger partial charge in [0, 0.05) is 26.9 Å². The molecule has 0 aliphatic carbocycles. The smallest absolute Gasteiger partial charge is 0.237 e. The van der Waals surface area contributed by atoms with E-state index in [1.54, 1.807) is 12.0 Å². The van der Waals surface area contributed by atoms with Crippen molar-refractivity contribution in [3.8, 4) is 0 Å². The van der Waals surface area contributed by atoms with E-state index in [0.717, 1.165) is 0 Å².